The second-order valence-electron chi connectivity index (χ2n) is 6.10. The van der Waals surface area contributed by atoms with E-state index in [4.69, 9.17) is 0 Å². The van der Waals surface area contributed by atoms with Gasteiger partial charge in [0.05, 0.1) is 12.2 Å². The van der Waals surface area contributed by atoms with Crippen molar-refractivity contribution >= 4 is 0 Å². The van der Waals surface area contributed by atoms with Crippen LogP contribution in [0.5, 0.6) is 0 Å². The highest BCUT2D eigenvalue weighted by Gasteiger charge is 2.29. The van der Waals surface area contributed by atoms with E-state index in [0.717, 1.165) is 52.4 Å². The molecule has 4 atom stereocenters. The van der Waals surface area contributed by atoms with Crippen molar-refractivity contribution in [3.63, 3.8) is 0 Å². The zero-order valence-corrected chi connectivity index (χ0v) is 12.8. The summed E-state index contributed by atoms with van der Waals surface area (Å²) in [6, 6.07) is 0.410. The summed E-state index contributed by atoms with van der Waals surface area (Å²) < 4.78 is 0. The van der Waals surface area contributed by atoms with E-state index in [-0.39, 0.29) is 24.3 Å². The molecule has 0 amide bonds. The molecule has 6 nitrogen and oxygen atoms in total. The van der Waals surface area contributed by atoms with Gasteiger partial charge in [-0.3, -0.25) is 9.80 Å². The summed E-state index contributed by atoms with van der Waals surface area (Å²) in [7, 11) is 0. The van der Waals surface area contributed by atoms with E-state index in [9.17, 15) is 10.2 Å². The van der Waals surface area contributed by atoms with Crippen molar-refractivity contribution < 1.29 is 10.2 Å². The summed E-state index contributed by atoms with van der Waals surface area (Å²) in [5.74, 6) is 0. The van der Waals surface area contributed by atoms with Gasteiger partial charge in [-0.15, -0.1) is 0 Å². The Hall–Kier alpha value is -0.240. The van der Waals surface area contributed by atoms with Crippen LogP contribution in [-0.2, 0) is 0 Å². The van der Waals surface area contributed by atoms with Crippen LogP contribution < -0.4 is 10.6 Å². The van der Waals surface area contributed by atoms with E-state index in [1.807, 2.05) is 13.8 Å². The Morgan fingerprint density at radius 3 is 1.65 bits per heavy atom. The van der Waals surface area contributed by atoms with Crippen LogP contribution in [0.2, 0.25) is 0 Å². The molecule has 4 N–H and O–H groups in total. The predicted octanol–water partition coefficient (Wildman–Crippen LogP) is -1.70. The summed E-state index contributed by atoms with van der Waals surface area (Å²) in [6.07, 6.45) is -0.614. The fourth-order valence-corrected chi connectivity index (χ4v) is 3.30. The van der Waals surface area contributed by atoms with Crippen LogP contribution in [0.4, 0.5) is 0 Å². The Labute approximate surface area is 122 Å². The van der Waals surface area contributed by atoms with Crippen LogP contribution in [0, 0.1) is 0 Å². The van der Waals surface area contributed by atoms with Crippen LogP contribution in [0.15, 0.2) is 0 Å². The maximum atomic E-state index is 9.88. The first kappa shape index (κ1) is 16.1. The average molecular weight is 286 g/mol. The molecule has 2 aliphatic rings. The third kappa shape index (κ3) is 4.13. The van der Waals surface area contributed by atoms with Crippen molar-refractivity contribution in [2.75, 3.05) is 52.4 Å². The fourth-order valence-electron chi connectivity index (χ4n) is 3.30. The molecule has 0 saturated carbocycles. The van der Waals surface area contributed by atoms with Crippen LogP contribution in [-0.4, -0.2) is 96.7 Å². The van der Waals surface area contributed by atoms with Gasteiger partial charge in [0, 0.05) is 64.4 Å². The standard InChI is InChI=1S/C14H30N4O2/c1-11(19)13-9-15-3-5-17(13)7-8-18-6-4-16-10-14(18)12(2)20/h11-16,19-20H,3-10H2,1-2H3. The minimum Gasteiger partial charge on any atom is -0.392 e. The topological polar surface area (TPSA) is 71.0 Å². The Balaban J connectivity index is 1.85. The Morgan fingerprint density at radius 1 is 0.900 bits per heavy atom. The molecular formula is C14H30N4O2. The highest BCUT2D eigenvalue weighted by Crippen LogP contribution is 2.11. The molecule has 2 aliphatic heterocycles. The lowest BCUT2D eigenvalue weighted by molar-refractivity contribution is 0.0141. The molecule has 2 saturated heterocycles. The van der Waals surface area contributed by atoms with Gasteiger partial charge in [-0.2, -0.15) is 0 Å². The normalized spacial score (nSPS) is 33.0. The monoisotopic (exact) mass is 286 g/mol. The van der Waals surface area contributed by atoms with Crippen molar-refractivity contribution in [1.29, 1.82) is 0 Å². The second-order valence-corrected chi connectivity index (χ2v) is 6.10. The SMILES string of the molecule is CC(O)C1CNCCN1CCN1CCNCC1C(C)O. The summed E-state index contributed by atoms with van der Waals surface area (Å²) in [4.78, 5) is 4.75. The van der Waals surface area contributed by atoms with Crippen molar-refractivity contribution in [1.82, 2.24) is 20.4 Å². The molecule has 2 fully saturated rings. The van der Waals surface area contributed by atoms with Crippen LogP contribution in [0.1, 0.15) is 13.8 Å². The van der Waals surface area contributed by atoms with Gasteiger partial charge < -0.3 is 20.8 Å². The number of aliphatic hydroxyl groups is 2. The molecule has 0 aromatic rings. The summed E-state index contributed by atoms with van der Waals surface area (Å²) >= 11 is 0. The molecule has 0 aromatic carbocycles. The van der Waals surface area contributed by atoms with Crippen molar-refractivity contribution in [2.24, 2.45) is 0 Å². The van der Waals surface area contributed by atoms with Gasteiger partial charge in [0.2, 0.25) is 0 Å². The molecule has 0 aliphatic carbocycles. The maximum Gasteiger partial charge on any atom is 0.0679 e. The van der Waals surface area contributed by atoms with E-state index >= 15 is 0 Å². The van der Waals surface area contributed by atoms with Gasteiger partial charge in [-0.1, -0.05) is 0 Å². The summed E-state index contributed by atoms with van der Waals surface area (Å²) in [5, 5.41) is 26.5. The first-order valence-electron chi connectivity index (χ1n) is 7.85. The van der Waals surface area contributed by atoms with Crippen LogP contribution >= 0.6 is 0 Å². The van der Waals surface area contributed by atoms with E-state index in [1.165, 1.54) is 0 Å². The smallest absolute Gasteiger partial charge is 0.0679 e. The molecule has 0 radical (unpaired) electrons. The van der Waals surface area contributed by atoms with E-state index < -0.39 is 0 Å². The summed E-state index contributed by atoms with van der Waals surface area (Å²) in [6.45, 7) is 11.3. The van der Waals surface area contributed by atoms with E-state index in [2.05, 4.69) is 20.4 Å². The van der Waals surface area contributed by atoms with Crippen LogP contribution in [0.25, 0.3) is 0 Å². The molecule has 0 spiro atoms. The van der Waals surface area contributed by atoms with Gasteiger partial charge in [-0.05, 0) is 13.8 Å². The fraction of sp³-hybridized carbons (Fsp3) is 1.00. The van der Waals surface area contributed by atoms with E-state index in [1.54, 1.807) is 0 Å². The molecule has 118 valence electrons. The third-order valence-electron chi connectivity index (χ3n) is 4.58. The summed E-state index contributed by atoms with van der Waals surface area (Å²) in [5.41, 5.74) is 0. The molecule has 2 rings (SSSR count). The molecular weight excluding hydrogens is 256 g/mol. The quantitative estimate of drug-likeness (QED) is 0.483. The Morgan fingerprint density at radius 2 is 1.30 bits per heavy atom. The lowest BCUT2D eigenvalue weighted by Crippen LogP contribution is -2.60. The predicted molar refractivity (Wildman–Crippen MR) is 79.8 cm³/mol. The molecule has 0 aromatic heterocycles. The number of nitrogens with zero attached hydrogens (tertiary/aromatic N) is 2. The zero-order chi connectivity index (χ0) is 14.5. The molecule has 0 bridgehead atoms. The Bertz CT molecular complexity index is 260. The van der Waals surface area contributed by atoms with Crippen molar-refractivity contribution in [3.8, 4) is 0 Å². The minimum atomic E-state index is -0.307. The van der Waals surface area contributed by atoms with Gasteiger partial charge in [0.25, 0.3) is 0 Å². The number of rotatable bonds is 5. The third-order valence-corrected chi connectivity index (χ3v) is 4.58. The zero-order valence-electron chi connectivity index (χ0n) is 12.8. The number of aliphatic hydroxyl groups excluding tert-OH is 2. The van der Waals surface area contributed by atoms with Crippen molar-refractivity contribution in [2.45, 2.75) is 38.1 Å². The first-order chi connectivity index (χ1) is 9.59. The van der Waals surface area contributed by atoms with Gasteiger partial charge in [0.1, 0.15) is 0 Å². The number of nitrogens with one attached hydrogen (secondary N) is 2. The number of piperazine rings is 2. The molecule has 2 heterocycles. The number of hydrogen-bond donors (Lipinski definition) is 4. The van der Waals surface area contributed by atoms with Gasteiger partial charge in [-0.25, -0.2) is 0 Å². The largest absolute Gasteiger partial charge is 0.392 e. The maximum absolute atomic E-state index is 9.88. The second kappa shape index (κ2) is 7.68. The minimum absolute atomic E-state index is 0.205. The highest BCUT2D eigenvalue weighted by atomic mass is 16.3. The van der Waals surface area contributed by atoms with Gasteiger partial charge >= 0.3 is 0 Å². The van der Waals surface area contributed by atoms with E-state index in [0.29, 0.717) is 0 Å². The Kier molecular flexibility index (Phi) is 6.20. The molecule has 20 heavy (non-hydrogen) atoms. The highest BCUT2D eigenvalue weighted by molar-refractivity contribution is 4.87. The first-order valence-corrected chi connectivity index (χ1v) is 7.85. The van der Waals surface area contributed by atoms with Crippen molar-refractivity contribution in [3.05, 3.63) is 0 Å². The lowest BCUT2D eigenvalue weighted by atomic mass is 10.1. The molecule has 4 unspecified atom stereocenters. The number of hydrogen-bond acceptors (Lipinski definition) is 6. The lowest BCUT2D eigenvalue weighted by Gasteiger charge is -2.42. The molecule has 6 heteroatoms. The van der Waals surface area contributed by atoms with Crippen LogP contribution in [0.3, 0.4) is 0 Å². The average Bonchev–Trinajstić information content (AvgIpc) is 2.45. The van der Waals surface area contributed by atoms with Gasteiger partial charge in [0.15, 0.2) is 0 Å².